The quantitative estimate of drug-likeness (QED) is 0.909. The monoisotopic (exact) mass is 310 g/mol. The van der Waals surface area contributed by atoms with E-state index in [4.69, 9.17) is 16.0 Å². The molecule has 1 aliphatic heterocycles. The summed E-state index contributed by atoms with van der Waals surface area (Å²) in [5.74, 6) is 0.599. The van der Waals surface area contributed by atoms with Gasteiger partial charge in [-0.25, -0.2) is 4.98 Å². The Kier molecular flexibility index (Phi) is 3.92. The highest BCUT2D eigenvalue weighted by Gasteiger charge is 2.39. The van der Waals surface area contributed by atoms with Crippen LogP contribution >= 0.6 is 11.6 Å². The van der Waals surface area contributed by atoms with Gasteiger partial charge in [-0.2, -0.15) is 0 Å². The van der Waals surface area contributed by atoms with Crippen LogP contribution in [-0.2, 0) is 6.54 Å². The van der Waals surface area contributed by atoms with E-state index in [-0.39, 0.29) is 0 Å². The van der Waals surface area contributed by atoms with Gasteiger partial charge in [-0.1, -0.05) is 18.5 Å². The Bertz CT molecular complexity index is 645. The molecule has 1 saturated heterocycles. The Morgan fingerprint density at radius 1 is 1.52 bits per heavy atom. The molecule has 1 aromatic heterocycles. The number of nitrogens with zero attached hydrogens (tertiary/aromatic N) is 2. The summed E-state index contributed by atoms with van der Waals surface area (Å²) in [4.78, 5) is 6.46. The zero-order valence-corrected chi connectivity index (χ0v) is 12.7. The summed E-state index contributed by atoms with van der Waals surface area (Å²) in [6, 6.07) is 5.34. The van der Waals surface area contributed by atoms with Crippen molar-refractivity contribution in [2.45, 2.75) is 38.0 Å². The molecule has 0 amide bonds. The first kappa shape index (κ1) is 14.8. The lowest BCUT2D eigenvalue weighted by atomic mass is 9.86. The molecule has 2 N–H and O–H groups in total. The molecular weight excluding hydrogens is 292 g/mol. The predicted molar refractivity (Wildman–Crippen MR) is 80.2 cm³/mol. The van der Waals surface area contributed by atoms with Crippen LogP contribution in [0.25, 0.3) is 11.1 Å². The second kappa shape index (κ2) is 5.57. The van der Waals surface area contributed by atoms with Crippen molar-refractivity contribution in [1.82, 2.24) is 9.88 Å². The van der Waals surface area contributed by atoms with Crippen molar-refractivity contribution in [3.8, 4) is 0 Å². The molecule has 1 aliphatic rings. The average molecular weight is 311 g/mol. The molecule has 0 unspecified atom stereocenters. The molecule has 114 valence electrons. The minimum Gasteiger partial charge on any atom is -0.439 e. The molecule has 6 heteroatoms. The molecule has 2 heterocycles. The first-order valence-corrected chi connectivity index (χ1v) is 7.56. The zero-order chi connectivity index (χ0) is 15.0. The number of aliphatic hydroxyl groups is 2. The topological polar surface area (TPSA) is 69.7 Å². The van der Waals surface area contributed by atoms with Crippen LogP contribution in [0.5, 0.6) is 0 Å². The highest BCUT2D eigenvalue weighted by molar-refractivity contribution is 6.31. The van der Waals surface area contributed by atoms with Crippen LogP contribution in [0.1, 0.15) is 25.7 Å². The maximum atomic E-state index is 10.2. The summed E-state index contributed by atoms with van der Waals surface area (Å²) in [6.07, 6.45) is 0.371. The lowest BCUT2D eigenvalue weighted by Gasteiger charge is -2.41. The minimum atomic E-state index is -0.967. The zero-order valence-electron chi connectivity index (χ0n) is 11.9. The molecule has 0 radical (unpaired) electrons. The molecule has 0 aliphatic carbocycles. The van der Waals surface area contributed by atoms with Crippen molar-refractivity contribution in [2.24, 2.45) is 0 Å². The van der Waals surface area contributed by atoms with Gasteiger partial charge in [-0.15, -0.1) is 0 Å². The third-order valence-electron chi connectivity index (χ3n) is 4.28. The van der Waals surface area contributed by atoms with E-state index in [9.17, 15) is 10.2 Å². The largest absolute Gasteiger partial charge is 0.439 e. The van der Waals surface area contributed by atoms with Crippen LogP contribution in [0.4, 0.5) is 0 Å². The molecule has 0 saturated carbocycles. The van der Waals surface area contributed by atoms with Crippen molar-refractivity contribution in [3.63, 3.8) is 0 Å². The molecular formula is C15H19ClN2O3. The number of rotatable bonds is 3. The van der Waals surface area contributed by atoms with E-state index in [1.54, 1.807) is 18.2 Å². The van der Waals surface area contributed by atoms with E-state index >= 15 is 0 Å². The molecule has 1 fully saturated rings. The maximum Gasteiger partial charge on any atom is 0.209 e. The summed E-state index contributed by atoms with van der Waals surface area (Å²) in [6.45, 7) is 3.54. The van der Waals surface area contributed by atoms with Crippen LogP contribution in [0, 0.1) is 0 Å². The lowest BCUT2D eigenvalue weighted by Crippen LogP contribution is -2.54. The van der Waals surface area contributed by atoms with Gasteiger partial charge in [0.05, 0.1) is 18.2 Å². The SMILES string of the molecule is CC[C@@]1(O)CCN(Cc2nc3cc(Cl)ccc3o2)C[C@H]1O. The molecule has 2 atom stereocenters. The van der Waals surface area contributed by atoms with E-state index < -0.39 is 11.7 Å². The fraction of sp³-hybridized carbons (Fsp3) is 0.533. The number of hydrogen-bond acceptors (Lipinski definition) is 5. The number of likely N-dealkylation sites (tertiary alicyclic amines) is 1. The lowest BCUT2D eigenvalue weighted by molar-refractivity contribution is -0.122. The molecule has 5 nitrogen and oxygen atoms in total. The number of oxazole rings is 1. The highest BCUT2D eigenvalue weighted by Crippen LogP contribution is 2.27. The number of halogens is 1. The molecule has 0 spiro atoms. The van der Waals surface area contributed by atoms with E-state index in [1.165, 1.54) is 0 Å². The van der Waals surface area contributed by atoms with Gasteiger partial charge < -0.3 is 14.6 Å². The van der Waals surface area contributed by atoms with Gasteiger partial charge in [0.15, 0.2) is 5.58 Å². The normalized spacial score (nSPS) is 27.3. The number of β-amino-alcohol motifs (C(OH)–C–C–N with tert-alkyl or cyclic N) is 1. The van der Waals surface area contributed by atoms with E-state index in [2.05, 4.69) is 4.98 Å². The van der Waals surface area contributed by atoms with Gasteiger partial charge in [0, 0.05) is 18.1 Å². The van der Waals surface area contributed by atoms with Crippen molar-refractivity contribution in [3.05, 3.63) is 29.1 Å². The van der Waals surface area contributed by atoms with Gasteiger partial charge in [-0.3, -0.25) is 4.90 Å². The van der Waals surface area contributed by atoms with Gasteiger partial charge in [-0.05, 0) is 31.0 Å². The molecule has 21 heavy (non-hydrogen) atoms. The van der Waals surface area contributed by atoms with Gasteiger partial charge in [0.2, 0.25) is 5.89 Å². The third kappa shape index (κ3) is 2.92. The standard InChI is InChI=1S/C15H19ClN2O3/c1-2-15(20)5-6-18(8-13(15)19)9-14-17-11-7-10(16)3-4-12(11)21-14/h3-4,7,13,19-20H,2,5-6,8-9H2,1H3/t13-,15-/m1/s1. The Balaban J connectivity index is 1.71. The van der Waals surface area contributed by atoms with Crippen molar-refractivity contribution < 1.29 is 14.6 Å². The number of fused-ring (bicyclic) bond motifs is 1. The molecule has 0 bridgehead atoms. The van der Waals surface area contributed by atoms with Crippen LogP contribution < -0.4 is 0 Å². The van der Waals surface area contributed by atoms with Crippen LogP contribution in [0.2, 0.25) is 5.02 Å². The van der Waals surface area contributed by atoms with Gasteiger partial charge >= 0.3 is 0 Å². The number of aromatic nitrogens is 1. The Labute approximate surface area is 128 Å². The number of aliphatic hydroxyl groups excluding tert-OH is 1. The van der Waals surface area contributed by atoms with Crippen molar-refractivity contribution in [2.75, 3.05) is 13.1 Å². The van der Waals surface area contributed by atoms with Crippen LogP contribution in [0.3, 0.4) is 0 Å². The number of piperidine rings is 1. The van der Waals surface area contributed by atoms with E-state index in [0.29, 0.717) is 49.0 Å². The Morgan fingerprint density at radius 3 is 3.05 bits per heavy atom. The Morgan fingerprint density at radius 2 is 2.33 bits per heavy atom. The second-order valence-electron chi connectivity index (χ2n) is 5.68. The second-order valence-corrected chi connectivity index (χ2v) is 6.11. The third-order valence-corrected chi connectivity index (χ3v) is 4.51. The summed E-state index contributed by atoms with van der Waals surface area (Å²) >= 11 is 5.93. The maximum absolute atomic E-state index is 10.2. The first-order chi connectivity index (χ1) is 10.00. The van der Waals surface area contributed by atoms with Crippen LogP contribution in [0.15, 0.2) is 22.6 Å². The highest BCUT2D eigenvalue weighted by atomic mass is 35.5. The number of benzene rings is 1. The number of hydrogen-bond donors (Lipinski definition) is 2. The summed E-state index contributed by atoms with van der Waals surface area (Å²) < 4.78 is 5.68. The molecule has 2 aromatic rings. The summed E-state index contributed by atoms with van der Waals surface area (Å²) in [7, 11) is 0. The predicted octanol–water partition coefficient (Wildman–Crippen LogP) is 2.19. The smallest absolute Gasteiger partial charge is 0.209 e. The van der Waals surface area contributed by atoms with Crippen molar-refractivity contribution >= 4 is 22.7 Å². The van der Waals surface area contributed by atoms with Crippen molar-refractivity contribution in [1.29, 1.82) is 0 Å². The fourth-order valence-corrected chi connectivity index (χ4v) is 2.95. The minimum absolute atomic E-state index is 0.420. The van der Waals surface area contributed by atoms with Gasteiger partial charge in [0.25, 0.3) is 0 Å². The molecule has 1 aromatic carbocycles. The van der Waals surface area contributed by atoms with Crippen LogP contribution in [-0.4, -0.2) is 44.9 Å². The Hall–Kier alpha value is -1.14. The first-order valence-electron chi connectivity index (χ1n) is 7.18. The molecule has 3 rings (SSSR count). The summed E-state index contributed by atoms with van der Waals surface area (Å²) in [5, 5.41) is 21.0. The average Bonchev–Trinajstić information content (AvgIpc) is 2.84. The fourth-order valence-electron chi connectivity index (χ4n) is 2.79. The van der Waals surface area contributed by atoms with E-state index in [1.807, 2.05) is 11.8 Å². The van der Waals surface area contributed by atoms with E-state index in [0.717, 1.165) is 5.52 Å². The van der Waals surface area contributed by atoms with Gasteiger partial charge in [0.1, 0.15) is 5.52 Å². The summed E-state index contributed by atoms with van der Waals surface area (Å²) in [5.41, 5.74) is 0.475.